The Morgan fingerprint density at radius 2 is 2.00 bits per heavy atom. The minimum absolute atomic E-state index is 0.529. The standard InChI is InChI=1S/C16H12N4O/c1-10-3-2-4-12(7-10)16-18-15(20-21-16)11-5-6-14-13(8-11)9-17-19-14/h2-9H,1H3,(H,17,19). The monoisotopic (exact) mass is 276 g/mol. The molecule has 4 rings (SSSR count). The van der Waals surface area contributed by atoms with E-state index in [0.29, 0.717) is 11.7 Å². The van der Waals surface area contributed by atoms with Crippen LogP contribution in [0.3, 0.4) is 0 Å². The maximum atomic E-state index is 5.37. The Labute approximate surface area is 120 Å². The number of aryl methyl sites for hydroxylation is 1. The summed E-state index contributed by atoms with van der Waals surface area (Å²) in [6.07, 6.45) is 1.78. The van der Waals surface area contributed by atoms with Crippen molar-refractivity contribution in [2.45, 2.75) is 6.92 Å². The fourth-order valence-electron chi connectivity index (χ4n) is 2.32. The van der Waals surface area contributed by atoms with E-state index in [0.717, 1.165) is 27.6 Å². The van der Waals surface area contributed by atoms with Gasteiger partial charge in [0.2, 0.25) is 5.82 Å². The second-order valence-corrected chi connectivity index (χ2v) is 4.96. The molecule has 2 aromatic carbocycles. The molecule has 0 unspecified atom stereocenters. The molecule has 0 aliphatic rings. The van der Waals surface area contributed by atoms with Crippen LogP contribution in [-0.2, 0) is 0 Å². The SMILES string of the molecule is Cc1cccc(-c2nc(-c3ccc4[nH]ncc4c3)no2)c1. The lowest BCUT2D eigenvalue weighted by Gasteiger charge is -1.95. The molecule has 0 radical (unpaired) electrons. The summed E-state index contributed by atoms with van der Waals surface area (Å²) < 4.78 is 5.37. The Morgan fingerprint density at radius 3 is 2.90 bits per heavy atom. The number of H-pyrrole nitrogens is 1. The highest BCUT2D eigenvalue weighted by Crippen LogP contribution is 2.24. The van der Waals surface area contributed by atoms with Crippen LogP contribution in [0, 0.1) is 6.92 Å². The molecule has 0 amide bonds. The van der Waals surface area contributed by atoms with Crippen LogP contribution in [0.15, 0.2) is 53.2 Å². The zero-order valence-corrected chi connectivity index (χ0v) is 11.4. The lowest BCUT2D eigenvalue weighted by Crippen LogP contribution is -1.82. The minimum Gasteiger partial charge on any atom is -0.334 e. The molecule has 102 valence electrons. The topological polar surface area (TPSA) is 67.6 Å². The highest BCUT2D eigenvalue weighted by atomic mass is 16.5. The molecule has 1 N–H and O–H groups in total. The molecule has 0 saturated carbocycles. The molecule has 2 aromatic heterocycles. The number of hydrogen-bond donors (Lipinski definition) is 1. The fraction of sp³-hybridized carbons (Fsp3) is 0.0625. The molecule has 0 saturated heterocycles. The summed E-state index contributed by atoms with van der Waals surface area (Å²) in [6, 6.07) is 13.9. The van der Waals surface area contributed by atoms with Crippen LogP contribution < -0.4 is 0 Å². The smallest absolute Gasteiger partial charge is 0.258 e. The second-order valence-electron chi connectivity index (χ2n) is 4.96. The predicted octanol–water partition coefficient (Wildman–Crippen LogP) is 3.59. The number of nitrogens with zero attached hydrogens (tertiary/aromatic N) is 3. The fourth-order valence-corrected chi connectivity index (χ4v) is 2.32. The molecule has 4 aromatic rings. The second kappa shape index (κ2) is 4.56. The first-order chi connectivity index (χ1) is 10.3. The highest BCUT2D eigenvalue weighted by Gasteiger charge is 2.11. The van der Waals surface area contributed by atoms with Crippen molar-refractivity contribution in [3.8, 4) is 22.8 Å². The van der Waals surface area contributed by atoms with E-state index in [1.54, 1.807) is 6.20 Å². The number of aromatic nitrogens is 4. The minimum atomic E-state index is 0.529. The van der Waals surface area contributed by atoms with Crippen molar-refractivity contribution in [2.75, 3.05) is 0 Å². The van der Waals surface area contributed by atoms with Gasteiger partial charge in [0.1, 0.15) is 0 Å². The van der Waals surface area contributed by atoms with Gasteiger partial charge in [-0.1, -0.05) is 22.9 Å². The highest BCUT2D eigenvalue weighted by molar-refractivity contribution is 5.82. The van der Waals surface area contributed by atoms with E-state index in [1.165, 1.54) is 0 Å². The number of fused-ring (bicyclic) bond motifs is 1. The van der Waals surface area contributed by atoms with Gasteiger partial charge in [0.25, 0.3) is 5.89 Å². The van der Waals surface area contributed by atoms with Crippen LogP contribution in [0.25, 0.3) is 33.7 Å². The van der Waals surface area contributed by atoms with Crippen molar-refractivity contribution < 1.29 is 4.52 Å². The first kappa shape index (κ1) is 11.8. The summed E-state index contributed by atoms with van der Waals surface area (Å²) in [5.74, 6) is 1.11. The molecule has 0 atom stereocenters. The number of nitrogens with one attached hydrogen (secondary N) is 1. The third-order valence-corrected chi connectivity index (χ3v) is 3.39. The zero-order valence-electron chi connectivity index (χ0n) is 11.4. The van der Waals surface area contributed by atoms with Gasteiger partial charge < -0.3 is 4.52 Å². The van der Waals surface area contributed by atoms with Crippen molar-refractivity contribution in [3.63, 3.8) is 0 Å². The van der Waals surface area contributed by atoms with Crippen molar-refractivity contribution in [2.24, 2.45) is 0 Å². The molecule has 0 aliphatic carbocycles. The van der Waals surface area contributed by atoms with Gasteiger partial charge in [-0.05, 0) is 37.3 Å². The zero-order chi connectivity index (χ0) is 14.2. The van der Waals surface area contributed by atoms with E-state index < -0.39 is 0 Å². The lowest BCUT2D eigenvalue weighted by atomic mass is 10.1. The molecule has 2 heterocycles. The van der Waals surface area contributed by atoms with Crippen LogP contribution in [0.1, 0.15) is 5.56 Å². The Balaban J connectivity index is 1.76. The summed E-state index contributed by atoms with van der Waals surface area (Å²) in [6.45, 7) is 2.04. The van der Waals surface area contributed by atoms with Crippen LogP contribution >= 0.6 is 0 Å². The molecule has 0 fully saturated rings. The van der Waals surface area contributed by atoms with E-state index in [1.807, 2.05) is 49.4 Å². The number of aromatic amines is 1. The van der Waals surface area contributed by atoms with E-state index in [-0.39, 0.29) is 0 Å². The summed E-state index contributed by atoms with van der Waals surface area (Å²) in [7, 11) is 0. The molecular weight excluding hydrogens is 264 g/mol. The quantitative estimate of drug-likeness (QED) is 0.607. The van der Waals surface area contributed by atoms with Gasteiger partial charge >= 0.3 is 0 Å². The van der Waals surface area contributed by atoms with Gasteiger partial charge in [-0.2, -0.15) is 10.1 Å². The third-order valence-electron chi connectivity index (χ3n) is 3.39. The van der Waals surface area contributed by atoms with Crippen LogP contribution in [0.2, 0.25) is 0 Å². The van der Waals surface area contributed by atoms with Gasteiger partial charge in [-0.3, -0.25) is 5.10 Å². The van der Waals surface area contributed by atoms with Crippen molar-refractivity contribution in [3.05, 3.63) is 54.2 Å². The van der Waals surface area contributed by atoms with Crippen molar-refractivity contribution in [1.29, 1.82) is 0 Å². The first-order valence-corrected chi connectivity index (χ1v) is 6.64. The van der Waals surface area contributed by atoms with Crippen LogP contribution in [-0.4, -0.2) is 20.3 Å². The molecule has 0 bridgehead atoms. The summed E-state index contributed by atoms with van der Waals surface area (Å²) in [5.41, 5.74) is 3.98. The summed E-state index contributed by atoms with van der Waals surface area (Å²) in [5, 5.41) is 12.0. The number of rotatable bonds is 2. The van der Waals surface area contributed by atoms with Crippen molar-refractivity contribution in [1.82, 2.24) is 20.3 Å². The Bertz CT molecular complexity index is 923. The number of benzene rings is 2. The third kappa shape index (κ3) is 2.08. The van der Waals surface area contributed by atoms with E-state index >= 15 is 0 Å². The van der Waals surface area contributed by atoms with Crippen molar-refractivity contribution >= 4 is 10.9 Å². The predicted molar refractivity (Wildman–Crippen MR) is 79.6 cm³/mol. The van der Waals surface area contributed by atoms with Gasteiger partial charge in [0.05, 0.1) is 11.7 Å². The molecular formula is C16H12N4O. The largest absolute Gasteiger partial charge is 0.334 e. The Kier molecular flexibility index (Phi) is 2.57. The molecule has 0 aliphatic heterocycles. The van der Waals surface area contributed by atoms with E-state index in [2.05, 4.69) is 20.3 Å². The maximum Gasteiger partial charge on any atom is 0.258 e. The number of hydrogen-bond acceptors (Lipinski definition) is 4. The molecule has 21 heavy (non-hydrogen) atoms. The normalized spacial score (nSPS) is 11.1. The first-order valence-electron chi connectivity index (χ1n) is 6.64. The Hall–Kier alpha value is -2.95. The van der Waals surface area contributed by atoms with Crippen LogP contribution in [0.4, 0.5) is 0 Å². The van der Waals surface area contributed by atoms with Gasteiger partial charge in [-0.25, -0.2) is 0 Å². The summed E-state index contributed by atoms with van der Waals surface area (Å²) >= 11 is 0. The van der Waals surface area contributed by atoms with Gasteiger partial charge in [-0.15, -0.1) is 0 Å². The molecule has 5 heteroatoms. The molecule has 5 nitrogen and oxygen atoms in total. The van der Waals surface area contributed by atoms with E-state index in [4.69, 9.17) is 4.52 Å². The van der Waals surface area contributed by atoms with Crippen LogP contribution in [0.5, 0.6) is 0 Å². The Morgan fingerprint density at radius 1 is 1.05 bits per heavy atom. The van der Waals surface area contributed by atoms with Gasteiger partial charge in [0.15, 0.2) is 0 Å². The molecule has 0 spiro atoms. The van der Waals surface area contributed by atoms with Gasteiger partial charge in [0, 0.05) is 16.5 Å². The maximum absolute atomic E-state index is 5.37. The lowest BCUT2D eigenvalue weighted by molar-refractivity contribution is 0.432. The average molecular weight is 276 g/mol. The average Bonchev–Trinajstić information content (AvgIpc) is 3.15. The summed E-state index contributed by atoms with van der Waals surface area (Å²) in [4.78, 5) is 4.47. The van der Waals surface area contributed by atoms with E-state index in [9.17, 15) is 0 Å².